The molecule has 2 nitrogen and oxygen atoms in total. The largest absolute Gasteiger partial charge is 2.00 e. The summed E-state index contributed by atoms with van der Waals surface area (Å²) in [4.78, 5) is 4.87. The Bertz CT molecular complexity index is 1410. The van der Waals surface area contributed by atoms with Crippen LogP contribution in [0.15, 0.2) is 60.8 Å². The van der Waals surface area contributed by atoms with Crippen LogP contribution in [0.1, 0.15) is 37.5 Å². The van der Waals surface area contributed by atoms with Crippen LogP contribution < -0.4 is 0 Å². The van der Waals surface area contributed by atoms with Crippen molar-refractivity contribution in [3.63, 3.8) is 0 Å². The van der Waals surface area contributed by atoms with Gasteiger partial charge >= 0.3 is 21.1 Å². The van der Waals surface area contributed by atoms with Crippen LogP contribution in [0, 0.1) is 32.8 Å². The van der Waals surface area contributed by atoms with Crippen molar-refractivity contribution < 1.29 is 53.8 Å². The second kappa shape index (κ2) is 10.5. The Labute approximate surface area is 237 Å². The molecule has 0 fully saturated rings. The van der Waals surface area contributed by atoms with E-state index in [1.165, 1.54) is 38.5 Å². The molecule has 0 aliphatic rings. The summed E-state index contributed by atoms with van der Waals surface area (Å²) >= 11 is 0. The molecule has 0 amide bonds. The molecular formula is C29H30N2PtY. The maximum absolute atomic E-state index is 4.87. The van der Waals surface area contributed by atoms with Gasteiger partial charge in [-0.2, -0.15) is 0 Å². The molecule has 0 aliphatic carbocycles. The van der Waals surface area contributed by atoms with E-state index in [4.69, 9.17) is 4.98 Å². The first-order valence-electron chi connectivity index (χ1n) is 10.6. The number of aromatic nitrogens is 2. The number of benzene rings is 3. The van der Waals surface area contributed by atoms with E-state index in [0.717, 1.165) is 23.1 Å². The van der Waals surface area contributed by atoms with Crippen molar-refractivity contribution in [1.82, 2.24) is 9.38 Å². The molecule has 0 unspecified atom stereocenters. The molecule has 5 rings (SSSR count). The third kappa shape index (κ3) is 5.04. The molecule has 0 saturated heterocycles. The summed E-state index contributed by atoms with van der Waals surface area (Å²) in [6.45, 7) is 11.2. The summed E-state index contributed by atoms with van der Waals surface area (Å²) in [5.74, 6) is 0. The molecule has 5 aromatic rings. The third-order valence-electron chi connectivity index (χ3n) is 5.91. The van der Waals surface area contributed by atoms with Crippen LogP contribution in [0.5, 0.6) is 0 Å². The molecule has 2 heterocycles. The van der Waals surface area contributed by atoms with E-state index in [0.29, 0.717) is 0 Å². The van der Waals surface area contributed by atoms with E-state index < -0.39 is 0 Å². The van der Waals surface area contributed by atoms with E-state index in [-0.39, 0.29) is 66.6 Å². The number of hydrogen-bond acceptors (Lipinski definition) is 1. The summed E-state index contributed by atoms with van der Waals surface area (Å²) < 4.78 is 2.32. The first kappa shape index (κ1) is 27.9. The van der Waals surface area contributed by atoms with Crippen molar-refractivity contribution in [3.8, 4) is 11.3 Å². The standard InChI is InChI=1S/C28H27N2.CH3.Pt.Y/c1-18-9-8-10-19(2)26(18)25-17-29-27-22-12-7-6-11-21(22)23-15-20(16-28(3,4)5)13-14-24(23)30(25)27;;;/h6-11,13-15,17H,16H2,1-5H3;1H3;;/q2*-1;+2;. The quantitative estimate of drug-likeness (QED) is 0.137. The Morgan fingerprint density at radius 2 is 1.64 bits per heavy atom. The number of aryl methyl sites for hydroxylation is 2. The Morgan fingerprint density at radius 1 is 0.939 bits per heavy atom. The third-order valence-corrected chi connectivity index (χ3v) is 5.91. The maximum atomic E-state index is 4.87. The summed E-state index contributed by atoms with van der Waals surface area (Å²) in [7, 11) is 0. The predicted octanol–water partition coefficient (Wildman–Crippen LogP) is 7.76. The van der Waals surface area contributed by atoms with Crippen molar-refractivity contribution in [2.45, 2.75) is 41.0 Å². The van der Waals surface area contributed by atoms with Gasteiger partial charge in [0.15, 0.2) is 0 Å². The molecule has 0 saturated carbocycles. The van der Waals surface area contributed by atoms with E-state index >= 15 is 0 Å². The van der Waals surface area contributed by atoms with Crippen LogP contribution in [0.3, 0.4) is 0 Å². The molecule has 3 aromatic carbocycles. The summed E-state index contributed by atoms with van der Waals surface area (Å²) in [6, 6.07) is 23.1. The normalized spacial score (nSPS) is 11.2. The Morgan fingerprint density at radius 3 is 2.30 bits per heavy atom. The van der Waals surface area contributed by atoms with E-state index in [1.807, 2.05) is 12.3 Å². The fraction of sp³-hybridized carbons (Fsp3) is 0.241. The average molecular weight is 691 g/mol. The van der Waals surface area contributed by atoms with Crippen LogP contribution in [-0.2, 0) is 60.2 Å². The van der Waals surface area contributed by atoms with Crippen molar-refractivity contribution in [2.24, 2.45) is 5.41 Å². The molecule has 0 aliphatic heterocycles. The first-order chi connectivity index (χ1) is 14.3. The van der Waals surface area contributed by atoms with Gasteiger partial charge in [0.2, 0.25) is 0 Å². The molecule has 169 valence electrons. The maximum Gasteiger partial charge on any atom is 2.00 e. The van der Waals surface area contributed by atoms with Crippen LogP contribution in [0.4, 0.5) is 0 Å². The van der Waals surface area contributed by atoms with Gasteiger partial charge < -0.3 is 11.8 Å². The van der Waals surface area contributed by atoms with Crippen molar-refractivity contribution >= 4 is 27.3 Å². The van der Waals surface area contributed by atoms with Gasteiger partial charge in [-0.1, -0.05) is 56.5 Å². The molecule has 2 aromatic heterocycles. The van der Waals surface area contributed by atoms with Gasteiger partial charge in [-0.3, -0.25) is 4.98 Å². The van der Waals surface area contributed by atoms with Crippen LogP contribution in [0.2, 0.25) is 0 Å². The Hall–Kier alpha value is -1.34. The van der Waals surface area contributed by atoms with Crippen LogP contribution >= 0.6 is 0 Å². The van der Waals surface area contributed by atoms with Crippen molar-refractivity contribution in [2.75, 3.05) is 0 Å². The predicted molar refractivity (Wildman–Crippen MR) is 134 cm³/mol. The Kier molecular flexibility index (Phi) is 8.89. The number of pyridine rings is 1. The molecule has 0 bridgehead atoms. The number of imidazole rings is 1. The van der Waals surface area contributed by atoms with E-state index in [2.05, 4.69) is 93.6 Å². The van der Waals surface area contributed by atoms with Crippen LogP contribution in [0.25, 0.3) is 38.6 Å². The monoisotopic (exact) mass is 690 g/mol. The van der Waals surface area contributed by atoms with Gasteiger partial charge in [-0.05, 0) is 53.8 Å². The van der Waals surface area contributed by atoms with E-state index in [1.54, 1.807) is 0 Å². The number of nitrogens with zero attached hydrogens (tertiary/aromatic N) is 2. The summed E-state index contributed by atoms with van der Waals surface area (Å²) in [6.07, 6.45) is 3.07. The summed E-state index contributed by atoms with van der Waals surface area (Å²) in [5.41, 5.74) is 8.74. The zero-order valence-electron chi connectivity index (χ0n) is 20.3. The molecule has 0 atom stereocenters. The minimum Gasteiger partial charge on any atom is -0.358 e. The topological polar surface area (TPSA) is 17.3 Å². The molecule has 4 heteroatoms. The van der Waals surface area contributed by atoms with E-state index in [9.17, 15) is 0 Å². The zero-order valence-corrected chi connectivity index (χ0v) is 25.4. The minimum atomic E-state index is 0. The molecule has 0 spiro atoms. The van der Waals surface area contributed by atoms with Gasteiger partial charge in [-0.25, -0.2) is 0 Å². The first-order valence-corrected chi connectivity index (χ1v) is 10.6. The second-order valence-corrected chi connectivity index (χ2v) is 9.62. The fourth-order valence-electron chi connectivity index (χ4n) is 4.73. The fourth-order valence-corrected chi connectivity index (χ4v) is 4.73. The molecule has 0 N–H and O–H groups in total. The Balaban J connectivity index is 0.00000128. The number of hydrogen-bond donors (Lipinski definition) is 0. The molecular weight excluding hydrogens is 660 g/mol. The van der Waals surface area contributed by atoms with Crippen molar-refractivity contribution in [3.05, 3.63) is 91.0 Å². The van der Waals surface area contributed by atoms with Gasteiger partial charge in [0.1, 0.15) is 0 Å². The smallest absolute Gasteiger partial charge is 0.358 e. The average Bonchev–Trinajstić information content (AvgIpc) is 3.12. The van der Waals surface area contributed by atoms with Gasteiger partial charge in [-0.15, -0.1) is 29.7 Å². The van der Waals surface area contributed by atoms with Gasteiger partial charge in [0, 0.05) is 50.0 Å². The summed E-state index contributed by atoms with van der Waals surface area (Å²) in [5, 5.41) is 3.56. The molecule has 33 heavy (non-hydrogen) atoms. The molecule has 1 radical (unpaired) electrons. The number of rotatable bonds is 2. The minimum absolute atomic E-state index is 0. The van der Waals surface area contributed by atoms with Crippen molar-refractivity contribution in [1.29, 1.82) is 0 Å². The van der Waals surface area contributed by atoms with Gasteiger partial charge in [0.25, 0.3) is 0 Å². The van der Waals surface area contributed by atoms with Gasteiger partial charge in [0.05, 0.1) is 11.3 Å². The SMILES string of the molecule is Cc1cccc(C)c1-c1cnc2c3[c-]cccc3c3cc(CC(C)(C)C)ccc3n12.[CH3-].[Pt+2].[Y]. The number of fused-ring (bicyclic) bond motifs is 6. The zero-order chi connectivity index (χ0) is 21.0. The second-order valence-electron chi connectivity index (χ2n) is 9.62. The van der Waals surface area contributed by atoms with Crippen LogP contribution in [-0.4, -0.2) is 9.38 Å².